The van der Waals surface area contributed by atoms with E-state index in [1.54, 1.807) is 54.2 Å². The predicted molar refractivity (Wildman–Crippen MR) is 168 cm³/mol. The minimum atomic E-state index is -1.27. The molecule has 0 saturated carbocycles. The number of carbonyl (C=O) groups excluding carboxylic acids is 1. The van der Waals surface area contributed by atoms with Crippen molar-refractivity contribution in [3.63, 3.8) is 0 Å². The molecular weight excluding hydrogens is 582 g/mol. The van der Waals surface area contributed by atoms with Crippen molar-refractivity contribution in [1.82, 2.24) is 9.88 Å². The Hall–Kier alpha value is -4.80. The summed E-state index contributed by atoms with van der Waals surface area (Å²) in [5, 5.41) is 32.7. The highest BCUT2D eigenvalue weighted by molar-refractivity contribution is 6.06. The topological polar surface area (TPSA) is 121 Å². The van der Waals surface area contributed by atoms with Crippen LogP contribution in [0.15, 0.2) is 78.9 Å². The number of nitrogens with one attached hydrogen (secondary N) is 1. The van der Waals surface area contributed by atoms with Gasteiger partial charge < -0.3 is 29.9 Å². The number of aliphatic hydroxyl groups is 2. The fraction of sp³-hybridized carbons (Fsp3) is 0.257. The molecule has 1 heterocycles. The molecule has 1 aromatic heterocycles. The van der Waals surface area contributed by atoms with E-state index in [-0.39, 0.29) is 24.7 Å². The second-order valence-electron chi connectivity index (χ2n) is 10.9. The third-order valence-electron chi connectivity index (χ3n) is 7.23. The van der Waals surface area contributed by atoms with Crippen LogP contribution in [-0.4, -0.2) is 51.1 Å². The number of benzene rings is 3. The van der Waals surface area contributed by atoms with Gasteiger partial charge in [0.1, 0.15) is 23.1 Å². The predicted octanol–water partition coefficient (Wildman–Crippen LogP) is 6.22. The van der Waals surface area contributed by atoms with Crippen LogP contribution < -0.4 is 10.1 Å². The second-order valence-corrected chi connectivity index (χ2v) is 10.9. The van der Waals surface area contributed by atoms with Crippen molar-refractivity contribution in [1.29, 1.82) is 0 Å². The molecule has 1 amide bonds. The van der Waals surface area contributed by atoms with Gasteiger partial charge in [0.05, 0.1) is 25.7 Å². The zero-order chi connectivity index (χ0) is 32.7. The van der Waals surface area contributed by atoms with Gasteiger partial charge in [-0.25, -0.2) is 8.78 Å². The fourth-order valence-electron chi connectivity index (χ4n) is 5.23. The van der Waals surface area contributed by atoms with E-state index in [1.165, 1.54) is 30.3 Å². The van der Waals surface area contributed by atoms with Crippen molar-refractivity contribution in [2.45, 2.75) is 51.5 Å². The van der Waals surface area contributed by atoms with E-state index in [2.05, 4.69) is 5.32 Å². The highest BCUT2D eigenvalue weighted by Crippen LogP contribution is 2.42. The first kappa shape index (κ1) is 33.1. The molecule has 0 saturated heterocycles. The average Bonchev–Trinajstić information content (AvgIpc) is 3.34. The van der Waals surface area contributed by atoms with E-state index >= 15 is 0 Å². The summed E-state index contributed by atoms with van der Waals surface area (Å²) in [6.07, 6.45) is -0.226. The molecule has 0 aliphatic carbocycles. The van der Waals surface area contributed by atoms with Gasteiger partial charge in [0.15, 0.2) is 0 Å². The number of aliphatic hydroxyl groups excluding tert-OH is 2. The monoisotopic (exact) mass is 618 g/mol. The fourth-order valence-corrected chi connectivity index (χ4v) is 5.23. The molecule has 0 aliphatic rings. The van der Waals surface area contributed by atoms with Crippen LogP contribution in [0.5, 0.6) is 5.75 Å². The van der Waals surface area contributed by atoms with Crippen LogP contribution in [0, 0.1) is 11.6 Å². The molecule has 0 radical (unpaired) electrons. The first-order valence-corrected chi connectivity index (χ1v) is 14.5. The molecule has 3 aromatic carbocycles. The van der Waals surface area contributed by atoms with E-state index in [1.807, 2.05) is 26.0 Å². The number of ether oxygens (including phenoxy) is 1. The number of rotatable bonds is 13. The summed E-state index contributed by atoms with van der Waals surface area (Å²) in [6.45, 7) is 3.94. The lowest BCUT2D eigenvalue weighted by Crippen LogP contribution is -2.27. The highest BCUT2D eigenvalue weighted by atomic mass is 19.1. The maximum Gasteiger partial charge on any atom is 0.305 e. The van der Waals surface area contributed by atoms with Crippen molar-refractivity contribution >= 4 is 18.0 Å². The highest BCUT2D eigenvalue weighted by Gasteiger charge is 2.29. The molecule has 4 N–H and O–H groups in total. The molecule has 4 rings (SSSR count). The third kappa shape index (κ3) is 8.23. The Morgan fingerprint density at radius 3 is 2.09 bits per heavy atom. The van der Waals surface area contributed by atoms with Gasteiger partial charge in [-0.1, -0.05) is 42.5 Å². The lowest BCUT2D eigenvalue weighted by Gasteiger charge is -2.17. The number of aromatic nitrogens is 1. The van der Waals surface area contributed by atoms with E-state index in [9.17, 15) is 28.6 Å². The van der Waals surface area contributed by atoms with Crippen LogP contribution in [0.25, 0.3) is 28.3 Å². The molecule has 0 spiro atoms. The Morgan fingerprint density at radius 2 is 1.53 bits per heavy atom. The van der Waals surface area contributed by atoms with Crippen LogP contribution in [-0.2, 0) is 11.3 Å². The van der Waals surface area contributed by atoms with E-state index < -0.39 is 42.1 Å². The van der Waals surface area contributed by atoms with Crippen molar-refractivity contribution in [3.05, 3.63) is 107 Å². The number of amides is 1. The number of carboxylic acids is 1. The van der Waals surface area contributed by atoms with Crippen molar-refractivity contribution < 1.29 is 38.4 Å². The maximum absolute atomic E-state index is 14.1. The van der Waals surface area contributed by atoms with Gasteiger partial charge in [-0.3, -0.25) is 9.59 Å². The van der Waals surface area contributed by atoms with Crippen molar-refractivity contribution in [2.75, 3.05) is 7.11 Å². The molecule has 0 fully saturated rings. The third-order valence-corrected chi connectivity index (χ3v) is 7.23. The quantitative estimate of drug-likeness (QED) is 0.141. The van der Waals surface area contributed by atoms with E-state index in [0.717, 1.165) is 5.56 Å². The van der Waals surface area contributed by atoms with Gasteiger partial charge in [0.2, 0.25) is 0 Å². The molecule has 4 aromatic rings. The van der Waals surface area contributed by atoms with Crippen molar-refractivity contribution in [3.8, 4) is 28.0 Å². The average molecular weight is 619 g/mol. The molecular formula is C35H36F2N2O6. The van der Waals surface area contributed by atoms with Crippen molar-refractivity contribution in [2.24, 2.45) is 0 Å². The largest absolute Gasteiger partial charge is 0.497 e. The van der Waals surface area contributed by atoms with Crippen LogP contribution in [0.3, 0.4) is 0 Å². The minimum Gasteiger partial charge on any atom is -0.497 e. The number of carboxylic acid groups (broad SMARTS) is 1. The molecule has 2 atom stereocenters. The summed E-state index contributed by atoms with van der Waals surface area (Å²) in [7, 11) is 1.55. The first-order chi connectivity index (χ1) is 21.5. The summed E-state index contributed by atoms with van der Waals surface area (Å²) in [6, 6.07) is 18.4. The molecule has 236 valence electrons. The van der Waals surface area contributed by atoms with Crippen LogP contribution in [0.2, 0.25) is 0 Å². The molecule has 0 unspecified atom stereocenters. The minimum absolute atomic E-state index is 0.180. The lowest BCUT2D eigenvalue weighted by atomic mass is 9.94. The normalized spacial score (nSPS) is 12.8. The van der Waals surface area contributed by atoms with Gasteiger partial charge >= 0.3 is 5.97 Å². The van der Waals surface area contributed by atoms with Gasteiger partial charge in [-0.2, -0.15) is 0 Å². The molecule has 0 bridgehead atoms. The van der Waals surface area contributed by atoms with Crippen LogP contribution in [0.4, 0.5) is 8.78 Å². The summed E-state index contributed by atoms with van der Waals surface area (Å²) >= 11 is 0. The molecule has 10 heteroatoms. The number of hydrogen-bond donors (Lipinski definition) is 4. The van der Waals surface area contributed by atoms with E-state index in [0.29, 0.717) is 33.7 Å². The van der Waals surface area contributed by atoms with Gasteiger partial charge in [0.25, 0.3) is 5.91 Å². The van der Waals surface area contributed by atoms with Gasteiger partial charge in [-0.05, 0) is 73.0 Å². The van der Waals surface area contributed by atoms with Crippen LogP contribution in [0.1, 0.15) is 54.5 Å². The molecule has 45 heavy (non-hydrogen) atoms. The number of halogens is 2. The summed E-state index contributed by atoms with van der Waals surface area (Å²) < 4.78 is 35.2. The van der Waals surface area contributed by atoms with E-state index in [4.69, 9.17) is 9.84 Å². The first-order valence-electron chi connectivity index (χ1n) is 14.5. The molecule has 0 aliphatic heterocycles. The Bertz CT molecular complexity index is 1660. The lowest BCUT2D eigenvalue weighted by molar-refractivity contribution is -0.139. The summed E-state index contributed by atoms with van der Waals surface area (Å²) in [4.78, 5) is 25.1. The SMILES string of the molecule is COc1cccc(CNC(=O)c2c(-c3ccc(F)cc3)c(-c3ccc(F)cc3)c(/C=C/[C@@H](O)C[C@@H](O)CC(=O)O)n2C(C)C)c1. The summed E-state index contributed by atoms with van der Waals surface area (Å²) in [5.41, 5.74) is 3.67. The zero-order valence-electron chi connectivity index (χ0n) is 25.2. The Balaban J connectivity index is 1.92. The summed E-state index contributed by atoms with van der Waals surface area (Å²) in [5.74, 6) is -1.90. The number of aliphatic carboxylic acids is 1. The Morgan fingerprint density at radius 1 is 0.933 bits per heavy atom. The number of carbonyl (C=O) groups is 2. The number of nitrogens with zero attached hydrogens (tertiary/aromatic N) is 1. The number of hydrogen-bond acceptors (Lipinski definition) is 5. The van der Waals surface area contributed by atoms with Gasteiger partial charge in [0, 0.05) is 35.8 Å². The maximum atomic E-state index is 14.1. The molecule has 8 nitrogen and oxygen atoms in total. The zero-order valence-corrected chi connectivity index (χ0v) is 25.2. The standard InChI is InChI=1S/C35H36F2N2O6/c1-21(2)39-30(16-15-27(40)18-28(41)19-31(42)43)32(23-7-11-25(36)12-8-23)33(24-9-13-26(37)14-10-24)34(39)35(44)38-20-22-5-4-6-29(17-22)45-3/h4-17,21,27-28,40-41H,18-20H2,1-3H3,(H,38,44)(H,42,43)/b16-15+/t27-,28-/m1/s1. The second kappa shape index (κ2) is 14.8. The smallest absolute Gasteiger partial charge is 0.305 e. The Labute approximate surface area is 260 Å². The Kier molecular flexibility index (Phi) is 10.9. The van der Waals surface area contributed by atoms with Crippen LogP contribution >= 0.6 is 0 Å². The van der Waals surface area contributed by atoms with Gasteiger partial charge in [-0.15, -0.1) is 0 Å². The number of methoxy groups -OCH3 is 1.